The Labute approximate surface area is 140 Å². The highest BCUT2D eigenvalue weighted by molar-refractivity contribution is 6.06. The van der Waals surface area contributed by atoms with Crippen molar-refractivity contribution in [1.29, 1.82) is 0 Å². The Kier molecular flexibility index (Phi) is 3.86. The fraction of sp³-hybridized carbons (Fsp3) is 0.444. The van der Waals surface area contributed by atoms with Crippen LogP contribution in [-0.2, 0) is 0 Å². The van der Waals surface area contributed by atoms with Crippen molar-refractivity contribution < 1.29 is 4.79 Å². The SMILES string of the molecule is CN1CCN(C2CN(C(=O)c3cc(=O)[nH]c4ccccc34)C2)CC1. The van der Waals surface area contributed by atoms with Crippen LogP contribution in [0.1, 0.15) is 10.4 Å². The van der Waals surface area contributed by atoms with Gasteiger partial charge >= 0.3 is 0 Å². The second kappa shape index (κ2) is 6.03. The number of H-pyrrole nitrogens is 1. The number of rotatable bonds is 2. The molecule has 0 saturated carbocycles. The summed E-state index contributed by atoms with van der Waals surface area (Å²) in [6.45, 7) is 5.81. The van der Waals surface area contributed by atoms with E-state index >= 15 is 0 Å². The van der Waals surface area contributed by atoms with Crippen LogP contribution in [0.15, 0.2) is 35.1 Å². The molecule has 3 heterocycles. The molecule has 1 aromatic heterocycles. The molecule has 6 heteroatoms. The Morgan fingerprint density at radius 2 is 1.83 bits per heavy atom. The van der Waals surface area contributed by atoms with Crippen molar-refractivity contribution in [2.75, 3.05) is 46.3 Å². The van der Waals surface area contributed by atoms with Gasteiger partial charge in [-0.2, -0.15) is 0 Å². The Hall–Kier alpha value is -2.18. The molecule has 0 radical (unpaired) electrons. The maximum Gasteiger partial charge on any atom is 0.254 e. The van der Waals surface area contributed by atoms with E-state index in [9.17, 15) is 9.59 Å². The van der Waals surface area contributed by atoms with E-state index < -0.39 is 0 Å². The monoisotopic (exact) mass is 326 g/mol. The third-order valence-corrected chi connectivity index (χ3v) is 5.18. The van der Waals surface area contributed by atoms with Crippen molar-refractivity contribution in [2.24, 2.45) is 0 Å². The van der Waals surface area contributed by atoms with Gasteiger partial charge in [0.1, 0.15) is 0 Å². The van der Waals surface area contributed by atoms with Gasteiger partial charge in [0.05, 0.1) is 5.56 Å². The molecular formula is C18H22N4O2. The third kappa shape index (κ3) is 2.72. The van der Waals surface area contributed by atoms with Gasteiger partial charge < -0.3 is 14.8 Å². The number of carbonyl (C=O) groups is 1. The Morgan fingerprint density at radius 1 is 1.12 bits per heavy atom. The molecule has 2 fully saturated rings. The van der Waals surface area contributed by atoms with Gasteiger partial charge in [0.2, 0.25) is 5.56 Å². The number of para-hydroxylation sites is 1. The van der Waals surface area contributed by atoms with Gasteiger partial charge in [0.15, 0.2) is 0 Å². The lowest BCUT2D eigenvalue weighted by Crippen LogP contribution is -2.64. The molecule has 0 spiro atoms. The summed E-state index contributed by atoms with van der Waals surface area (Å²) < 4.78 is 0. The number of benzene rings is 1. The van der Waals surface area contributed by atoms with Crippen LogP contribution in [0.25, 0.3) is 10.9 Å². The molecule has 126 valence electrons. The van der Waals surface area contributed by atoms with E-state index in [1.165, 1.54) is 6.07 Å². The minimum Gasteiger partial charge on any atom is -0.335 e. The Balaban J connectivity index is 1.49. The number of aromatic amines is 1. The minimum absolute atomic E-state index is 0.0392. The highest BCUT2D eigenvalue weighted by Gasteiger charge is 2.36. The van der Waals surface area contributed by atoms with Crippen LogP contribution in [0.5, 0.6) is 0 Å². The van der Waals surface area contributed by atoms with Crippen LogP contribution in [0, 0.1) is 0 Å². The Morgan fingerprint density at radius 3 is 2.58 bits per heavy atom. The van der Waals surface area contributed by atoms with Crippen molar-refractivity contribution in [3.63, 3.8) is 0 Å². The number of nitrogens with zero attached hydrogens (tertiary/aromatic N) is 3. The van der Waals surface area contributed by atoms with E-state index in [-0.39, 0.29) is 11.5 Å². The number of nitrogens with one attached hydrogen (secondary N) is 1. The predicted molar refractivity (Wildman–Crippen MR) is 93.3 cm³/mol. The van der Waals surface area contributed by atoms with Gasteiger partial charge in [-0.1, -0.05) is 18.2 Å². The lowest BCUT2D eigenvalue weighted by molar-refractivity contribution is 0.0111. The number of amides is 1. The van der Waals surface area contributed by atoms with E-state index in [1.54, 1.807) is 0 Å². The molecule has 0 unspecified atom stereocenters. The average molecular weight is 326 g/mol. The van der Waals surface area contributed by atoms with Crippen LogP contribution in [0.2, 0.25) is 0 Å². The van der Waals surface area contributed by atoms with E-state index in [2.05, 4.69) is 21.8 Å². The summed E-state index contributed by atoms with van der Waals surface area (Å²) in [5.41, 5.74) is 0.990. The van der Waals surface area contributed by atoms with Crippen molar-refractivity contribution in [1.82, 2.24) is 19.7 Å². The number of likely N-dealkylation sites (tertiary alicyclic amines) is 1. The summed E-state index contributed by atoms with van der Waals surface area (Å²) in [5.74, 6) is -0.0392. The zero-order valence-corrected chi connectivity index (χ0v) is 13.9. The van der Waals surface area contributed by atoms with Crippen molar-refractivity contribution in [3.8, 4) is 0 Å². The third-order valence-electron chi connectivity index (χ3n) is 5.18. The molecule has 0 bridgehead atoms. The number of piperazine rings is 1. The molecular weight excluding hydrogens is 304 g/mol. The molecule has 2 aliphatic heterocycles. The molecule has 1 aromatic carbocycles. The lowest BCUT2D eigenvalue weighted by Gasteiger charge is -2.47. The maximum absolute atomic E-state index is 12.8. The highest BCUT2D eigenvalue weighted by Crippen LogP contribution is 2.22. The zero-order valence-electron chi connectivity index (χ0n) is 13.9. The first-order valence-electron chi connectivity index (χ1n) is 8.46. The first-order chi connectivity index (χ1) is 11.6. The summed E-state index contributed by atoms with van der Waals surface area (Å²) in [4.78, 5) is 34.1. The van der Waals surface area contributed by atoms with E-state index in [4.69, 9.17) is 0 Å². The topological polar surface area (TPSA) is 59.6 Å². The van der Waals surface area contributed by atoms with E-state index in [0.29, 0.717) is 17.1 Å². The molecule has 0 aliphatic carbocycles. The van der Waals surface area contributed by atoms with Gasteiger partial charge in [-0.25, -0.2) is 0 Å². The number of carbonyl (C=O) groups excluding carboxylic acids is 1. The highest BCUT2D eigenvalue weighted by atomic mass is 16.2. The standard InChI is InChI=1S/C18H22N4O2/c1-20-6-8-21(9-7-20)13-11-22(12-13)18(24)15-10-17(23)19-16-5-3-2-4-14(15)16/h2-5,10,13H,6-9,11-12H2,1H3,(H,19,23). The molecule has 4 rings (SSSR count). The van der Waals surface area contributed by atoms with Gasteiger partial charge in [-0.05, 0) is 13.1 Å². The predicted octanol–water partition coefficient (Wildman–Crippen LogP) is 0.600. The molecule has 0 atom stereocenters. The number of pyridine rings is 1. The van der Waals surface area contributed by atoms with Crippen molar-refractivity contribution in [3.05, 3.63) is 46.2 Å². The minimum atomic E-state index is -0.229. The number of likely N-dealkylation sites (N-methyl/N-ethyl adjacent to an activating group) is 1. The molecule has 1 N–H and O–H groups in total. The van der Waals surface area contributed by atoms with Crippen molar-refractivity contribution in [2.45, 2.75) is 6.04 Å². The largest absolute Gasteiger partial charge is 0.335 e. The van der Waals surface area contributed by atoms with Crippen LogP contribution >= 0.6 is 0 Å². The van der Waals surface area contributed by atoms with Crippen LogP contribution in [0.4, 0.5) is 0 Å². The van der Waals surface area contributed by atoms with E-state index in [1.807, 2.05) is 29.2 Å². The number of aromatic nitrogens is 1. The maximum atomic E-state index is 12.8. The summed E-state index contributed by atoms with van der Waals surface area (Å²) in [6.07, 6.45) is 0. The molecule has 2 saturated heterocycles. The second-order valence-corrected chi connectivity index (χ2v) is 6.80. The summed E-state index contributed by atoms with van der Waals surface area (Å²) >= 11 is 0. The summed E-state index contributed by atoms with van der Waals surface area (Å²) in [7, 11) is 2.14. The first kappa shape index (κ1) is 15.4. The fourth-order valence-corrected chi connectivity index (χ4v) is 3.59. The Bertz CT molecular complexity index is 817. The van der Waals surface area contributed by atoms with Crippen LogP contribution in [-0.4, -0.2) is 77.9 Å². The fourth-order valence-electron chi connectivity index (χ4n) is 3.59. The molecule has 24 heavy (non-hydrogen) atoms. The molecule has 1 amide bonds. The first-order valence-corrected chi connectivity index (χ1v) is 8.46. The normalized spacial score (nSPS) is 20.3. The molecule has 2 aliphatic rings. The number of hydrogen-bond acceptors (Lipinski definition) is 4. The quantitative estimate of drug-likeness (QED) is 0.878. The van der Waals surface area contributed by atoms with Crippen LogP contribution < -0.4 is 5.56 Å². The second-order valence-electron chi connectivity index (χ2n) is 6.80. The molecule has 2 aromatic rings. The zero-order chi connectivity index (χ0) is 16.7. The number of fused-ring (bicyclic) bond motifs is 1. The van der Waals surface area contributed by atoms with Crippen LogP contribution in [0.3, 0.4) is 0 Å². The smallest absolute Gasteiger partial charge is 0.254 e. The average Bonchev–Trinajstić information content (AvgIpc) is 2.54. The van der Waals surface area contributed by atoms with Gasteiger partial charge in [0.25, 0.3) is 5.91 Å². The summed E-state index contributed by atoms with van der Waals surface area (Å²) in [6, 6.07) is 9.34. The van der Waals surface area contributed by atoms with Gasteiger partial charge in [-0.3, -0.25) is 14.5 Å². The molecule has 6 nitrogen and oxygen atoms in total. The van der Waals surface area contributed by atoms with E-state index in [0.717, 1.165) is 44.7 Å². The van der Waals surface area contributed by atoms with Gasteiger partial charge in [0, 0.05) is 62.3 Å². The number of hydrogen-bond donors (Lipinski definition) is 1. The lowest BCUT2D eigenvalue weighted by atomic mass is 10.0. The van der Waals surface area contributed by atoms with Crippen molar-refractivity contribution >= 4 is 16.8 Å². The summed E-state index contributed by atoms with van der Waals surface area (Å²) in [5, 5.41) is 0.810. The van der Waals surface area contributed by atoms with Gasteiger partial charge in [-0.15, -0.1) is 0 Å².